The van der Waals surface area contributed by atoms with Gasteiger partial charge in [0.05, 0.1) is 0 Å². The summed E-state index contributed by atoms with van der Waals surface area (Å²) in [6, 6.07) is 53.7. The van der Waals surface area contributed by atoms with E-state index >= 15 is 0 Å². The predicted octanol–water partition coefficient (Wildman–Crippen LogP) is 11.2. The molecule has 11 rings (SSSR count). The molecule has 7 aromatic carbocycles. The van der Waals surface area contributed by atoms with Gasteiger partial charge in [0.2, 0.25) is 0 Å². The van der Waals surface area contributed by atoms with Gasteiger partial charge >= 0.3 is 0 Å². The highest BCUT2D eigenvalue weighted by molar-refractivity contribution is 7.27. The van der Waals surface area contributed by atoms with Gasteiger partial charge in [0, 0.05) is 47.8 Å². The first kappa shape index (κ1) is 28.2. The van der Waals surface area contributed by atoms with Crippen LogP contribution in [-0.2, 0) is 0 Å². The Morgan fingerprint density at radius 1 is 0.620 bits per heavy atom. The summed E-state index contributed by atoms with van der Waals surface area (Å²) in [6.07, 6.45) is 4.15. The molecule has 0 saturated carbocycles. The van der Waals surface area contributed by atoms with Gasteiger partial charge in [-0.1, -0.05) is 115 Å². The maximum Gasteiger partial charge on any atom is 0.135 e. The van der Waals surface area contributed by atoms with E-state index < -0.39 is 0 Å². The fraction of sp³-hybridized carbons (Fsp3) is 0.0435. The van der Waals surface area contributed by atoms with Gasteiger partial charge < -0.3 is 9.32 Å². The van der Waals surface area contributed by atoms with Crippen LogP contribution in [0.2, 0.25) is 0 Å². The summed E-state index contributed by atoms with van der Waals surface area (Å²) in [7, 11) is -0.0874. The SMILES string of the molecule is C1=c2oc3ccccc3c2=C(N(c2ccc(-c3cccc4ccccc34)cc2)c2cccc3c2[siH-]c2ccc4c5ccccc5sc4c23)CC1. The molecule has 2 nitrogen and oxygen atoms in total. The van der Waals surface area contributed by atoms with E-state index in [-0.39, 0.29) is 9.12 Å². The highest BCUT2D eigenvalue weighted by Crippen LogP contribution is 2.45. The lowest BCUT2D eigenvalue weighted by Crippen LogP contribution is -2.33. The zero-order chi connectivity index (χ0) is 32.8. The van der Waals surface area contributed by atoms with Crippen molar-refractivity contribution in [2.45, 2.75) is 12.8 Å². The van der Waals surface area contributed by atoms with E-state index in [1.54, 1.807) is 0 Å². The van der Waals surface area contributed by atoms with Crippen LogP contribution in [0.15, 0.2) is 150 Å². The van der Waals surface area contributed by atoms with E-state index in [2.05, 4.69) is 157 Å². The van der Waals surface area contributed by atoms with Gasteiger partial charge in [-0.25, -0.2) is 0 Å². The van der Waals surface area contributed by atoms with Crippen molar-refractivity contribution in [3.05, 3.63) is 156 Å². The molecule has 0 radical (unpaired) electrons. The first-order chi connectivity index (χ1) is 24.8. The van der Waals surface area contributed by atoms with Gasteiger partial charge in [0.15, 0.2) is 0 Å². The molecule has 0 N–H and O–H groups in total. The summed E-state index contributed by atoms with van der Waals surface area (Å²) >= 11 is 1.94. The Morgan fingerprint density at radius 2 is 1.38 bits per heavy atom. The van der Waals surface area contributed by atoms with Gasteiger partial charge in [0.1, 0.15) is 11.0 Å². The second-order valence-corrected chi connectivity index (χ2v) is 15.9. The Hall–Kier alpha value is -5.68. The fourth-order valence-corrected chi connectivity index (χ4v) is 11.5. The first-order valence-electron chi connectivity index (χ1n) is 17.3. The Balaban J connectivity index is 1.19. The van der Waals surface area contributed by atoms with Gasteiger partial charge in [-0.3, -0.25) is 9.12 Å². The van der Waals surface area contributed by atoms with Crippen LogP contribution in [0.4, 0.5) is 11.4 Å². The van der Waals surface area contributed by atoms with E-state index in [9.17, 15) is 0 Å². The number of rotatable bonds is 4. The van der Waals surface area contributed by atoms with Gasteiger partial charge in [-0.2, -0.15) is 9.99 Å². The smallest absolute Gasteiger partial charge is 0.135 e. The lowest BCUT2D eigenvalue weighted by Gasteiger charge is -2.31. The Morgan fingerprint density at radius 3 is 2.30 bits per heavy atom. The molecule has 0 spiro atoms. The third-order valence-corrected chi connectivity index (χ3v) is 13.5. The second kappa shape index (κ2) is 10.9. The van der Waals surface area contributed by atoms with Crippen molar-refractivity contribution in [3.8, 4) is 11.1 Å². The molecular formula is C46H30NOSSi-. The number of fused-ring (bicyclic) bond motifs is 11. The number of nitrogens with zero attached hydrogens (tertiary/aromatic N) is 1. The number of para-hydroxylation sites is 1. The van der Waals surface area contributed by atoms with Crippen LogP contribution in [0, 0.1) is 0 Å². The zero-order valence-corrected chi connectivity index (χ0v) is 29.2. The number of anilines is 2. The average Bonchev–Trinajstić information content (AvgIpc) is 3.87. The van der Waals surface area contributed by atoms with Crippen LogP contribution in [0.25, 0.3) is 85.6 Å². The van der Waals surface area contributed by atoms with Crippen LogP contribution in [0.1, 0.15) is 12.8 Å². The molecule has 0 bridgehead atoms. The Bertz CT molecular complexity index is 3100. The molecule has 1 aliphatic carbocycles. The second-order valence-electron chi connectivity index (χ2n) is 13.3. The van der Waals surface area contributed by atoms with Gasteiger partial charge in [-0.15, -0.1) is 11.3 Å². The Labute approximate surface area is 294 Å². The summed E-state index contributed by atoms with van der Waals surface area (Å²) < 4.78 is 9.26. The molecule has 0 aliphatic heterocycles. The standard InChI is InChI=1S/C46H30NOSSi/c1-2-12-31-28(10-1)11-7-15-32(31)29-22-24-30(25-23-29)47(37-17-9-20-40-43(37)35-14-3-5-19-39(35)48-40)38-18-8-16-36-44-42(50-46(36)38)27-26-34-33-13-4-6-21-41(33)49-45(34)44/h1-8,10-16,18-27,50H,9,17H2/q-1. The largest absolute Gasteiger partial charge is 0.456 e. The Kier molecular flexibility index (Phi) is 6.15. The molecular weight excluding hydrogens is 643 g/mol. The number of thiophene rings is 1. The highest BCUT2D eigenvalue weighted by atomic mass is 32.1. The van der Waals surface area contributed by atoms with E-state index in [0.717, 1.165) is 23.8 Å². The molecule has 3 aromatic heterocycles. The topological polar surface area (TPSA) is 16.4 Å². The van der Waals surface area contributed by atoms with Crippen LogP contribution in [0.5, 0.6) is 0 Å². The van der Waals surface area contributed by atoms with Crippen molar-refractivity contribution in [2.75, 3.05) is 4.90 Å². The highest BCUT2D eigenvalue weighted by Gasteiger charge is 2.22. The van der Waals surface area contributed by atoms with Gasteiger partial charge in [0.25, 0.3) is 0 Å². The molecule has 50 heavy (non-hydrogen) atoms. The lowest BCUT2D eigenvalue weighted by atomic mass is 9.97. The van der Waals surface area contributed by atoms with Crippen molar-refractivity contribution in [1.29, 1.82) is 0 Å². The van der Waals surface area contributed by atoms with Crippen molar-refractivity contribution >= 4 is 106 Å². The van der Waals surface area contributed by atoms with E-state index in [1.807, 2.05) is 11.3 Å². The normalized spacial score (nSPS) is 13.2. The molecule has 10 aromatic rings. The molecule has 1 aliphatic rings. The van der Waals surface area contributed by atoms with Gasteiger partial charge in [-0.05, 0) is 81.9 Å². The summed E-state index contributed by atoms with van der Waals surface area (Å²) in [5.41, 5.74) is 8.19. The van der Waals surface area contributed by atoms with E-state index in [4.69, 9.17) is 4.42 Å². The quantitative estimate of drug-likeness (QED) is 0.173. The van der Waals surface area contributed by atoms with Crippen molar-refractivity contribution in [1.82, 2.24) is 0 Å². The molecule has 236 valence electrons. The average molecular weight is 673 g/mol. The third-order valence-electron chi connectivity index (χ3n) is 10.6. The fourth-order valence-electron chi connectivity index (χ4n) is 8.38. The molecule has 3 heterocycles. The summed E-state index contributed by atoms with van der Waals surface area (Å²) in [5.74, 6) is 0. The van der Waals surface area contributed by atoms with Crippen molar-refractivity contribution in [3.63, 3.8) is 0 Å². The first-order valence-corrected chi connectivity index (χ1v) is 19.3. The molecule has 4 heteroatoms. The number of benzene rings is 7. The van der Waals surface area contributed by atoms with Crippen LogP contribution in [0.3, 0.4) is 0 Å². The lowest BCUT2D eigenvalue weighted by molar-refractivity contribution is 0.570. The minimum Gasteiger partial charge on any atom is -0.456 e. The van der Waals surface area contributed by atoms with Crippen LogP contribution >= 0.6 is 11.3 Å². The minimum absolute atomic E-state index is 0.0874. The summed E-state index contributed by atoms with van der Waals surface area (Å²) in [6.45, 7) is 0. The third kappa shape index (κ3) is 4.13. The van der Waals surface area contributed by atoms with E-state index in [1.165, 1.54) is 90.5 Å². The monoisotopic (exact) mass is 672 g/mol. The molecule has 0 saturated heterocycles. The van der Waals surface area contributed by atoms with Crippen molar-refractivity contribution < 1.29 is 4.42 Å². The maximum atomic E-state index is 6.48. The molecule has 0 fully saturated rings. The maximum absolute atomic E-state index is 6.48. The minimum atomic E-state index is -0.0874. The molecule has 0 atom stereocenters. The van der Waals surface area contributed by atoms with Crippen LogP contribution < -0.4 is 15.5 Å². The number of furan rings is 1. The number of hydrogen-bond donors (Lipinski definition) is 0. The zero-order valence-electron chi connectivity index (χ0n) is 27.2. The molecule has 0 amide bonds. The number of hydrogen-bond acceptors (Lipinski definition) is 3. The van der Waals surface area contributed by atoms with E-state index in [0.29, 0.717) is 0 Å². The van der Waals surface area contributed by atoms with Crippen LogP contribution in [-0.4, -0.2) is 9.12 Å². The van der Waals surface area contributed by atoms with Crippen molar-refractivity contribution in [2.24, 2.45) is 0 Å². The predicted molar refractivity (Wildman–Crippen MR) is 217 cm³/mol. The summed E-state index contributed by atoms with van der Waals surface area (Å²) in [5, 5.41) is 10.5. The summed E-state index contributed by atoms with van der Waals surface area (Å²) in [4.78, 5) is 5.54. The molecule has 0 unspecified atom stereocenters.